The molecule has 4 heteroatoms. The van der Waals surface area contributed by atoms with Crippen LogP contribution in [-0.4, -0.2) is 19.3 Å². The van der Waals surface area contributed by atoms with E-state index in [0.29, 0.717) is 36.7 Å². The van der Waals surface area contributed by atoms with Gasteiger partial charge in [-0.1, -0.05) is 0 Å². The van der Waals surface area contributed by atoms with Crippen LogP contribution in [0, 0.1) is 5.82 Å². The van der Waals surface area contributed by atoms with Gasteiger partial charge in [-0.15, -0.1) is 0 Å². The van der Waals surface area contributed by atoms with Crippen LogP contribution in [0.25, 0.3) is 0 Å². The van der Waals surface area contributed by atoms with Gasteiger partial charge in [0.15, 0.2) is 11.5 Å². The summed E-state index contributed by atoms with van der Waals surface area (Å²) in [6.45, 7) is 6.74. The van der Waals surface area contributed by atoms with Crippen LogP contribution in [0.15, 0.2) is 12.1 Å². The highest BCUT2D eigenvalue weighted by Crippen LogP contribution is 2.31. The van der Waals surface area contributed by atoms with Crippen molar-refractivity contribution in [2.24, 2.45) is 5.73 Å². The van der Waals surface area contributed by atoms with Crippen molar-refractivity contribution in [2.75, 3.05) is 13.2 Å². The Hall–Kier alpha value is -1.29. The Balaban J connectivity index is 2.83. The van der Waals surface area contributed by atoms with E-state index in [1.54, 1.807) is 6.07 Å². The lowest BCUT2D eigenvalue weighted by molar-refractivity contribution is 0.285. The molecule has 0 fully saturated rings. The Kier molecular flexibility index (Phi) is 6.64. The van der Waals surface area contributed by atoms with Gasteiger partial charge in [-0.3, -0.25) is 0 Å². The average Bonchev–Trinajstić information content (AvgIpc) is 2.34. The second-order valence-electron chi connectivity index (χ2n) is 4.63. The van der Waals surface area contributed by atoms with E-state index in [2.05, 4.69) is 0 Å². The van der Waals surface area contributed by atoms with Crippen molar-refractivity contribution in [1.29, 1.82) is 0 Å². The summed E-state index contributed by atoms with van der Waals surface area (Å²) in [5.74, 6) is 0.843. The summed E-state index contributed by atoms with van der Waals surface area (Å²) < 4.78 is 24.8. The Morgan fingerprint density at radius 2 is 1.74 bits per heavy atom. The number of hydrogen-bond acceptors (Lipinski definition) is 3. The van der Waals surface area contributed by atoms with Crippen LogP contribution < -0.4 is 15.2 Å². The second-order valence-corrected chi connectivity index (χ2v) is 4.63. The van der Waals surface area contributed by atoms with Crippen molar-refractivity contribution in [2.45, 2.75) is 46.1 Å². The van der Waals surface area contributed by atoms with Crippen LogP contribution >= 0.6 is 0 Å². The fraction of sp³-hybridized carbons (Fsp3) is 0.600. The third kappa shape index (κ3) is 5.07. The lowest BCUT2D eigenvalue weighted by atomic mass is 10.0. The topological polar surface area (TPSA) is 44.5 Å². The summed E-state index contributed by atoms with van der Waals surface area (Å²) in [6.07, 6.45) is 2.42. The molecule has 0 bridgehead atoms. The molecule has 1 unspecified atom stereocenters. The normalized spacial score (nSPS) is 12.3. The first kappa shape index (κ1) is 15.8. The lowest BCUT2D eigenvalue weighted by Gasteiger charge is -2.13. The van der Waals surface area contributed by atoms with Crippen LogP contribution in [0.2, 0.25) is 0 Å². The van der Waals surface area contributed by atoms with Crippen molar-refractivity contribution in [1.82, 2.24) is 0 Å². The summed E-state index contributed by atoms with van der Waals surface area (Å²) in [4.78, 5) is 0. The molecule has 3 nitrogen and oxygen atoms in total. The van der Waals surface area contributed by atoms with Crippen LogP contribution in [0.4, 0.5) is 4.39 Å². The van der Waals surface area contributed by atoms with Crippen molar-refractivity contribution in [3.05, 3.63) is 23.5 Å². The summed E-state index contributed by atoms with van der Waals surface area (Å²) in [7, 11) is 0. The maximum atomic E-state index is 14.0. The zero-order valence-corrected chi connectivity index (χ0v) is 12.0. The number of ether oxygens (including phenoxy) is 2. The van der Waals surface area contributed by atoms with Crippen molar-refractivity contribution in [3.8, 4) is 11.5 Å². The van der Waals surface area contributed by atoms with Crippen LogP contribution in [0.1, 0.15) is 39.2 Å². The standard InChI is InChI=1S/C15H24FNO2/c1-4-18-14-9-12(8-6-7-11(3)17)13(16)10-15(14)19-5-2/h9-11H,4-8,17H2,1-3H3. The maximum absolute atomic E-state index is 14.0. The number of nitrogens with two attached hydrogens (primary N) is 1. The van der Waals surface area contributed by atoms with Crippen molar-refractivity contribution >= 4 is 0 Å². The number of rotatable bonds is 8. The van der Waals surface area contributed by atoms with E-state index in [1.165, 1.54) is 6.07 Å². The third-order valence-electron chi connectivity index (χ3n) is 2.82. The second kappa shape index (κ2) is 8.00. The fourth-order valence-electron chi connectivity index (χ4n) is 1.92. The Morgan fingerprint density at radius 1 is 1.16 bits per heavy atom. The predicted molar refractivity (Wildman–Crippen MR) is 75.3 cm³/mol. The lowest BCUT2D eigenvalue weighted by Crippen LogP contribution is -2.14. The molecule has 0 aliphatic rings. The fourth-order valence-corrected chi connectivity index (χ4v) is 1.92. The monoisotopic (exact) mass is 269 g/mol. The third-order valence-corrected chi connectivity index (χ3v) is 2.82. The molecular formula is C15H24FNO2. The predicted octanol–water partition coefficient (Wildman–Crippen LogP) is 3.29. The van der Waals surface area contributed by atoms with Crippen LogP contribution in [-0.2, 0) is 6.42 Å². The molecule has 1 rings (SSSR count). The zero-order chi connectivity index (χ0) is 14.3. The minimum atomic E-state index is -0.239. The minimum Gasteiger partial charge on any atom is -0.490 e. The molecule has 19 heavy (non-hydrogen) atoms. The summed E-state index contributed by atoms with van der Waals surface area (Å²) in [5.41, 5.74) is 6.36. The summed E-state index contributed by atoms with van der Waals surface area (Å²) >= 11 is 0. The first-order valence-electron chi connectivity index (χ1n) is 6.92. The smallest absolute Gasteiger partial charge is 0.164 e. The molecule has 1 aromatic carbocycles. The van der Waals surface area contributed by atoms with Crippen molar-refractivity contribution < 1.29 is 13.9 Å². The average molecular weight is 269 g/mol. The SMILES string of the molecule is CCOc1cc(F)c(CCCC(C)N)cc1OCC. The van der Waals surface area contributed by atoms with Gasteiger partial charge in [-0.25, -0.2) is 4.39 Å². The van der Waals surface area contributed by atoms with E-state index in [4.69, 9.17) is 15.2 Å². The Bertz CT molecular complexity index is 394. The molecule has 2 N–H and O–H groups in total. The largest absolute Gasteiger partial charge is 0.490 e. The van der Waals surface area contributed by atoms with Crippen LogP contribution in [0.3, 0.4) is 0 Å². The Morgan fingerprint density at radius 3 is 2.26 bits per heavy atom. The molecule has 0 aromatic heterocycles. The number of hydrogen-bond donors (Lipinski definition) is 1. The number of halogens is 1. The molecule has 0 aliphatic heterocycles. The first-order valence-corrected chi connectivity index (χ1v) is 6.92. The van der Waals surface area contributed by atoms with E-state index in [0.717, 1.165) is 12.8 Å². The minimum absolute atomic E-state index is 0.150. The molecule has 0 saturated heterocycles. The highest BCUT2D eigenvalue weighted by atomic mass is 19.1. The van der Waals surface area contributed by atoms with Gasteiger partial charge >= 0.3 is 0 Å². The highest BCUT2D eigenvalue weighted by Gasteiger charge is 2.12. The van der Waals surface area contributed by atoms with E-state index in [9.17, 15) is 4.39 Å². The molecule has 0 radical (unpaired) electrons. The number of aryl methyl sites for hydroxylation is 1. The highest BCUT2D eigenvalue weighted by molar-refractivity contribution is 5.44. The zero-order valence-electron chi connectivity index (χ0n) is 12.0. The molecule has 108 valence electrons. The van der Waals surface area contributed by atoms with Gasteiger partial charge in [0.05, 0.1) is 13.2 Å². The first-order chi connectivity index (χ1) is 9.08. The Labute approximate surface area is 114 Å². The van der Waals surface area contributed by atoms with E-state index in [1.807, 2.05) is 20.8 Å². The maximum Gasteiger partial charge on any atom is 0.164 e. The van der Waals surface area contributed by atoms with E-state index < -0.39 is 0 Å². The van der Waals surface area contributed by atoms with Crippen LogP contribution in [0.5, 0.6) is 11.5 Å². The summed E-state index contributed by atoms with van der Waals surface area (Å²) in [6, 6.07) is 3.30. The van der Waals surface area contributed by atoms with Gasteiger partial charge in [0.25, 0.3) is 0 Å². The molecule has 0 spiro atoms. The van der Waals surface area contributed by atoms with Gasteiger partial charge in [-0.2, -0.15) is 0 Å². The molecule has 1 aromatic rings. The number of benzene rings is 1. The molecule has 1 atom stereocenters. The van der Waals surface area contributed by atoms with E-state index in [-0.39, 0.29) is 11.9 Å². The molecule has 0 aliphatic carbocycles. The quantitative estimate of drug-likeness (QED) is 0.787. The van der Waals surface area contributed by atoms with E-state index >= 15 is 0 Å². The van der Waals surface area contributed by atoms with Gasteiger partial charge < -0.3 is 15.2 Å². The molecule has 0 heterocycles. The molecule has 0 amide bonds. The van der Waals surface area contributed by atoms with Gasteiger partial charge in [-0.05, 0) is 51.7 Å². The van der Waals surface area contributed by atoms with Gasteiger partial charge in [0, 0.05) is 12.1 Å². The molecular weight excluding hydrogens is 245 g/mol. The summed E-state index contributed by atoms with van der Waals surface area (Å²) in [5, 5.41) is 0. The van der Waals surface area contributed by atoms with Gasteiger partial charge in [0.2, 0.25) is 0 Å². The van der Waals surface area contributed by atoms with Gasteiger partial charge in [0.1, 0.15) is 5.82 Å². The van der Waals surface area contributed by atoms with Crippen molar-refractivity contribution in [3.63, 3.8) is 0 Å². The molecule has 0 saturated carbocycles.